The summed E-state index contributed by atoms with van der Waals surface area (Å²) in [6, 6.07) is 11.5. The summed E-state index contributed by atoms with van der Waals surface area (Å²) in [5, 5.41) is 8.79. The molecule has 0 bridgehead atoms. The quantitative estimate of drug-likeness (QED) is 0.161. The third-order valence-corrected chi connectivity index (χ3v) is 7.69. The van der Waals surface area contributed by atoms with E-state index in [4.69, 9.17) is 9.84 Å². The number of carbonyl (C=O) groups excluding carboxylic acids is 1. The van der Waals surface area contributed by atoms with Gasteiger partial charge in [-0.3, -0.25) is 0 Å². The molecule has 2 rings (SSSR count). The van der Waals surface area contributed by atoms with Crippen LogP contribution in [0, 0.1) is 25.7 Å². The first-order valence-corrected chi connectivity index (χ1v) is 13.8. The topological polar surface area (TPSA) is 83.9 Å². The molecule has 2 aromatic rings. The molecular formula is C29H37NO5S. The third-order valence-electron chi connectivity index (χ3n) is 5.90. The van der Waals surface area contributed by atoms with Gasteiger partial charge in [-0.05, 0) is 63.1 Å². The molecule has 0 fully saturated rings. The largest absolute Gasteiger partial charge is 0.406 e. The van der Waals surface area contributed by atoms with Crippen LogP contribution in [-0.4, -0.2) is 37.5 Å². The first-order chi connectivity index (χ1) is 17.2. The van der Waals surface area contributed by atoms with Gasteiger partial charge in [-0.15, -0.1) is 0 Å². The second-order valence-corrected chi connectivity index (χ2v) is 10.8. The van der Waals surface area contributed by atoms with Crippen LogP contribution < -0.4 is 0 Å². The number of esters is 1. The van der Waals surface area contributed by atoms with Crippen molar-refractivity contribution in [3.63, 3.8) is 0 Å². The average Bonchev–Trinajstić information content (AvgIpc) is 2.85. The summed E-state index contributed by atoms with van der Waals surface area (Å²) in [7, 11) is -2.60. The molecule has 2 aromatic carbocycles. The Morgan fingerprint density at radius 3 is 2.22 bits per heavy atom. The van der Waals surface area contributed by atoms with Gasteiger partial charge in [-0.2, -0.15) is 0 Å². The second kappa shape index (κ2) is 14.5. The molecule has 36 heavy (non-hydrogen) atoms. The minimum Gasteiger partial charge on any atom is -0.406 e. The Balaban J connectivity index is 1.93. The van der Waals surface area contributed by atoms with Gasteiger partial charge >= 0.3 is 5.97 Å². The highest BCUT2D eigenvalue weighted by Crippen LogP contribution is 2.20. The van der Waals surface area contributed by atoms with Gasteiger partial charge < -0.3 is 9.84 Å². The van der Waals surface area contributed by atoms with E-state index in [1.165, 1.54) is 32.0 Å². The number of sulfonamides is 1. The first-order valence-electron chi connectivity index (χ1n) is 12.3. The van der Waals surface area contributed by atoms with Crippen molar-refractivity contribution in [2.75, 3.05) is 13.7 Å². The van der Waals surface area contributed by atoms with Crippen LogP contribution in [0.25, 0.3) is 0 Å². The summed E-state index contributed by atoms with van der Waals surface area (Å²) in [5.41, 5.74) is 2.89. The van der Waals surface area contributed by atoms with Crippen LogP contribution in [0.15, 0.2) is 59.8 Å². The molecule has 0 unspecified atom stereocenters. The molecule has 7 heteroatoms. The number of aliphatic hydroxyl groups is 1. The Labute approximate surface area is 216 Å². The van der Waals surface area contributed by atoms with E-state index in [-0.39, 0.29) is 22.9 Å². The summed E-state index contributed by atoms with van der Waals surface area (Å²) >= 11 is 0. The van der Waals surface area contributed by atoms with Crippen molar-refractivity contribution in [1.29, 1.82) is 0 Å². The molecule has 6 nitrogen and oxygen atoms in total. The lowest BCUT2D eigenvalue weighted by Crippen LogP contribution is -2.28. The van der Waals surface area contributed by atoms with Crippen molar-refractivity contribution in [3.05, 3.63) is 77.2 Å². The van der Waals surface area contributed by atoms with Crippen molar-refractivity contribution < 1.29 is 23.1 Å². The van der Waals surface area contributed by atoms with Gasteiger partial charge in [0.25, 0.3) is 10.0 Å². The Morgan fingerprint density at radius 1 is 0.972 bits per heavy atom. The molecule has 194 valence electrons. The van der Waals surface area contributed by atoms with Crippen LogP contribution in [-0.2, 0) is 14.8 Å². The van der Waals surface area contributed by atoms with Gasteiger partial charge in [-0.25, -0.2) is 17.5 Å². The van der Waals surface area contributed by atoms with Crippen LogP contribution in [0.5, 0.6) is 0 Å². The molecule has 0 aromatic heterocycles. The van der Waals surface area contributed by atoms with Crippen molar-refractivity contribution in [1.82, 2.24) is 4.31 Å². The van der Waals surface area contributed by atoms with Gasteiger partial charge in [0.1, 0.15) is 0 Å². The molecule has 0 atom stereocenters. The summed E-state index contributed by atoms with van der Waals surface area (Å²) in [4.78, 5) is 12.8. The number of rotatable bonds is 13. The minimum atomic E-state index is -3.90. The summed E-state index contributed by atoms with van der Waals surface area (Å²) in [6.45, 7) is 7.70. The molecular weight excluding hydrogens is 474 g/mol. The van der Waals surface area contributed by atoms with Gasteiger partial charge in [0, 0.05) is 25.6 Å². The van der Waals surface area contributed by atoms with Gasteiger partial charge in [0.05, 0.1) is 10.5 Å². The third kappa shape index (κ3) is 8.85. The zero-order chi connectivity index (χ0) is 26.6. The number of aliphatic hydroxyl groups excluding tert-OH is 1. The molecule has 0 aliphatic carbocycles. The van der Waals surface area contributed by atoms with Crippen molar-refractivity contribution in [2.45, 2.75) is 70.1 Å². The lowest BCUT2D eigenvalue weighted by Gasteiger charge is -2.20. The number of carbonyl (C=O) groups is 1. The first kappa shape index (κ1) is 29.2. The van der Waals surface area contributed by atoms with E-state index in [0.717, 1.165) is 59.5 Å². The van der Waals surface area contributed by atoms with Crippen LogP contribution >= 0.6 is 0 Å². The monoisotopic (exact) mass is 511 g/mol. The molecule has 0 amide bonds. The summed E-state index contributed by atoms with van der Waals surface area (Å²) in [5.74, 6) is 5.33. The smallest absolute Gasteiger partial charge is 0.344 e. The maximum atomic E-state index is 12.8. The highest BCUT2D eigenvalue weighted by molar-refractivity contribution is 7.89. The van der Waals surface area contributed by atoms with Crippen LogP contribution in [0.2, 0.25) is 0 Å². The van der Waals surface area contributed by atoms with Crippen molar-refractivity contribution >= 4 is 16.0 Å². The Morgan fingerprint density at radius 2 is 1.58 bits per heavy atom. The molecule has 0 spiro atoms. The highest BCUT2D eigenvalue weighted by atomic mass is 32.2. The molecule has 0 radical (unpaired) electrons. The molecule has 0 aliphatic heterocycles. The van der Waals surface area contributed by atoms with E-state index >= 15 is 0 Å². The van der Waals surface area contributed by atoms with Gasteiger partial charge in [-0.1, -0.05) is 67.7 Å². The van der Waals surface area contributed by atoms with Crippen LogP contribution in [0.1, 0.15) is 78.4 Å². The number of benzene rings is 2. The fourth-order valence-electron chi connectivity index (χ4n) is 3.48. The zero-order valence-electron chi connectivity index (χ0n) is 21.5. The predicted octanol–water partition coefficient (Wildman–Crippen LogP) is 5.72. The van der Waals surface area contributed by atoms with E-state index < -0.39 is 16.0 Å². The Kier molecular flexibility index (Phi) is 11.7. The number of hydrogen-bond donors (Lipinski definition) is 1. The summed E-state index contributed by atoms with van der Waals surface area (Å²) < 4.78 is 31.8. The van der Waals surface area contributed by atoms with E-state index in [1.54, 1.807) is 30.3 Å². The number of hydrogen-bond acceptors (Lipinski definition) is 5. The standard InChI is InChI=1S/C29H37NO5S/c1-23-15-19-28(20-16-23)36(33,34)30(4)25(3)35-29(32)27-18-17-24(2)26(22-27)14-12-10-8-6-5-7-9-11-13-21-31/h15-20,22,31H,3,5-11,13,21H2,1-2,4H3. The number of aryl methyl sites for hydroxylation is 2. The van der Waals surface area contributed by atoms with Gasteiger partial charge in [0.2, 0.25) is 5.88 Å². The van der Waals surface area contributed by atoms with Gasteiger partial charge in [0.15, 0.2) is 0 Å². The van der Waals surface area contributed by atoms with Crippen LogP contribution in [0.3, 0.4) is 0 Å². The minimum absolute atomic E-state index is 0.0855. The lowest BCUT2D eigenvalue weighted by molar-refractivity contribution is 0.0571. The Bertz CT molecular complexity index is 1190. The maximum absolute atomic E-state index is 12.8. The SMILES string of the molecule is C=C(OC(=O)c1ccc(C)c(C#CCCCCCCCCCO)c1)N(C)S(=O)(=O)c1ccc(C)cc1. The normalized spacial score (nSPS) is 10.9. The highest BCUT2D eigenvalue weighted by Gasteiger charge is 2.24. The van der Waals surface area contributed by atoms with E-state index in [1.807, 2.05) is 13.8 Å². The maximum Gasteiger partial charge on any atom is 0.344 e. The number of unbranched alkanes of at least 4 members (excludes halogenated alkanes) is 7. The number of nitrogens with zero attached hydrogens (tertiary/aromatic N) is 1. The predicted molar refractivity (Wildman–Crippen MR) is 143 cm³/mol. The lowest BCUT2D eigenvalue weighted by atomic mass is 10.0. The molecule has 0 heterocycles. The molecule has 1 N–H and O–H groups in total. The van der Waals surface area contributed by atoms with Crippen molar-refractivity contribution in [3.8, 4) is 11.8 Å². The second-order valence-electron chi connectivity index (χ2n) is 8.85. The van der Waals surface area contributed by atoms with Crippen LogP contribution in [0.4, 0.5) is 0 Å². The molecule has 0 aliphatic rings. The van der Waals surface area contributed by atoms with Crippen molar-refractivity contribution in [2.24, 2.45) is 0 Å². The summed E-state index contributed by atoms with van der Waals surface area (Å²) in [6.07, 6.45) is 8.41. The van der Waals surface area contributed by atoms with E-state index in [9.17, 15) is 13.2 Å². The fourth-order valence-corrected chi connectivity index (χ4v) is 4.58. The average molecular weight is 512 g/mol. The van der Waals surface area contributed by atoms with E-state index in [0.29, 0.717) is 0 Å². The fraction of sp³-hybridized carbons (Fsp3) is 0.414. The molecule has 0 saturated heterocycles. The zero-order valence-corrected chi connectivity index (χ0v) is 22.4. The number of ether oxygens (including phenoxy) is 1. The molecule has 0 saturated carbocycles. The Hall–Kier alpha value is -3.08. The van der Waals surface area contributed by atoms with E-state index in [2.05, 4.69) is 18.4 Å².